The molecule has 1 heterocycles. The monoisotopic (exact) mass is 414 g/mol. The fraction of sp³-hybridized carbons (Fsp3) is 0.333. The third kappa shape index (κ3) is 5.65. The second-order valence-electron chi connectivity index (χ2n) is 7.05. The number of amides is 1. The lowest BCUT2D eigenvalue weighted by Crippen LogP contribution is -2.31. The lowest BCUT2D eigenvalue weighted by Gasteiger charge is -2.09. The van der Waals surface area contributed by atoms with Crippen LogP contribution in [0.2, 0.25) is 0 Å². The number of aromatic nitrogens is 2. The van der Waals surface area contributed by atoms with Gasteiger partial charge in [-0.3, -0.25) is 4.79 Å². The normalized spacial score (nSPS) is 11.7. The highest BCUT2D eigenvalue weighted by atomic mass is 32.2. The molecule has 0 bridgehead atoms. The van der Waals surface area contributed by atoms with Crippen molar-refractivity contribution in [2.45, 2.75) is 38.0 Å². The second kappa shape index (κ2) is 9.19. The molecule has 0 saturated carbocycles. The number of para-hydroxylation sites is 2. The Hall–Kier alpha value is -2.71. The first-order chi connectivity index (χ1) is 13.8. The number of carbonyl (C=O) groups is 1. The van der Waals surface area contributed by atoms with E-state index in [1.165, 1.54) is 0 Å². The van der Waals surface area contributed by atoms with Crippen LogP contribution < -0.4 is 10.0 Å². The first-order valence-corrected chi connectivity index (χ1v) is 11.1. The van der Waals surface area contributed by atoms with E-state index in [0.29, 0.717) is 6.54 Å². The number of rotatable bonds is 9. The fourth-order valence-corrected chi connectivity index (χ4v) is 4.08. The Morgan fingerprint density at radius 1 is 1.07 bits per heavy atom. The molecule has 7 nitrogen and oxygen atoms in total. The van der Waals surface area contributed by atoms with Crippen LogP contribution in [0.3, 0.4) is 0 Å². The summed E-state index contributed by atoms with van der Waals surface area (Å²) >= 11 is 0. The SMILES string of the molecule is Cc1ccc(S(=O)(=O)NCCC(=O)NCCCc2nc3ccccc3[nH]2)cc1C. The van der Waals surface area contributed by atoms with Crippen LogP contribution in [0.5, 0.6) is 0 Å². The predicted octanol–water partition coefficient (Wildman–Crippen LogP) is 2.60. The smallest absolute Gasteiger partial charge is 0.240 e. The number of carbonyl (C=O) groups excluding carboxylic acids is 1. The van der Waals surface area contributed by atoms with Crippen LogP contribution >= 0.6 is 0 Å². The minimum Gasteiger partial charge on any atom is -0.356 e. The van der Waals surface area contributed by atoms with Crippen LogP contribution in [0.25, 0.3) is 11.0 Å². The molecule has 0 fully saturated rings. The number of hydrogen-bond donors (Lipinski definition) is 3. The number of hydrogen-bond acceptors (Lipinski definition) is 4. The van der Waals surface area contributed by atoms with Crippen molar-refractivity contribution in [2.24, 2.45) is 0 Å². The maximum Gasteiger partial charge on any atom is 0.240 e. The van der Waals surface area contributed by atoms with E-state index in [9.17, 15) is 13.2 Å². The first-order valence-electron chi connectivity index (χ1n) is 9.62. The molecule has 1 amide bonds. The lowest BCUT2D eigenvalue weighted by atomic mass is 10.1. The van der Waals surface area contributed by atoms with Crippen molar-refractivity contribution >= 4 is 27.0 Å². The summed E-state index contributed by atoms with van der Waals surface area (Å²) in [5.41, 5.74) is 3.88. The Bertz CT molecular complexity index is 1070. The molecule has 0 atom stereocenters. The molecule has 29 heavy (non-hydrogen) atoms. The standard InChI is InChI=1S/C21H26N4O3S/c1-15-9-10-17(14-16(15)2)29(27,28)23-13-11-21(26)22-12-5-8-20-24-18-6-3-4-7-19(18)25-20/h3-4,6-7,9-10,14,23H,5,8,11-13H2,1-2H3,(H,22,26)(H,24,25). The average molecular weight is 415 g/mol. The number of imidazole rings is 1. The van der Waals surface area contributed by atoms with Gasteiger partial charge in [-0.25, -0.2) is 18.1 Å². The molecule has 3 aromatic rings. The second-order valence-corrected chi connectivity index (χ2v) is 8.81. The fourth-order valence-electron chi connectivity index (χ4n) is 2.96. The Balaban J connectivity index is 1.37. The minimum atomic E-state index is -3.61. The van der Waals surface area contributed by atoms with E-state index < -0.39 is 10.0 Å². The Labute approximate surface area is 171 Å². The van der Waals surface area contributed by atoms with Crippen molar-refractivity contribution < 1.29 is 13.2 Å². The van der Waals surface area contributed by atoms with Crippen LogP contribution in [0, 0.1) is 13.8 Å². The van der Waals surface area contributed by atoms with E-state index >= 15 is 0 Å². The maximum atomic E-state index is 12.3. The van der Waals surface area contributed by atoms with E-state index in [1.54, 1.807) is 18.2 Å². The third-order valence-electron chi connectivity index (χ3n) is 4.78. The number of nitrogens with zero attached hydrogens (tertiary/aromatic N) is 1. The van der Waals surface area contributed by atoms with Crippen LogP contribution in [0.4, 0.5) is 0 Å². The summed E-state index contributed by atoms with van der Waals surface area (Å²) in [6.07, 6.45) is 1.57. The van der Waals surface area contributed by atoms with Gasteiger partial charge in [0.2, 0.25) is 15.9 Å². The third-order valence-corrected chi connectivity index (χ3v) is 6.24. The van der Waals surface area contributed by atoms with E-state index in [1.807, 2.05) is 38.1 Å². The molecule has 0 spiro atoms. The van der Waals surface area contributed by atoms with Gasteiger partial charge < -0.3 is 10.3 Å². The summed E-state index contributed by atoms with van der Waals surface area (Å²) in [4.78, 5) is 19.9. The largest absolute Gasteiger partial charge is 0.356 e. The van der Waals surface area contributed by atoms with Gasteiger partial charge in [-0.2, -0.15) is 0 Å². The molecule has 0 radical (unpaired) electrons. The Morgan fingerprint density at radius 3 is 2.62 bits per heavy atom. The summed E-state index contributed by atoms with van der Waals surface area (Å²) in [6, 6.07) is 12.8. The molecule has 3 rings (SSSR count). The van der Waals surface area contributed by atoms with Crippen LogP contribution in [0.1, 0.15) is 29.8 Å². The molecule has 0 unspecified atom stereocenters. The van der Waals surface area contributed by atoms with Gasteiger partial charge in [-0.15, -0.1) is 0 Å². The molecule has 0 aliphatic rings. The predicted molar refractivity (Wildman–Crippen MR) is 113 cm³/mol. The van der Waals surface area contributed by atoms with Crippen molar-refractivity contribution in [2.75, 3.05) is 13.1 Å². The van der Waals surface area contributed by atoms with Crippen molar-refractivity contribution in [1.82, 2.24) is 20.0 Å². The minimum absolute atomic E-state index is 0.0602. The van der Waals surface area contributed by atoms with Gasteiger partial charge >= 0.3 is 0 Å². The number of aromatic amines is 1. The zero-order chi connectivity index (χ0) is 20.9. The maximum absolute atomic E-state index is 12.3. The summed E-state index contributed by atoms with van der Waals surface area (Å²) in [5.74, 6) is 0.707. The number of H-pyrrole nitrogens is 1. The first kappa shape index (κ1) is 21.0. The van der Waals surface area contributed by atoms with Crippen molar-refractivity contribution in [3.8, 4) is 0 Å². The lowest BCUT2D eigenvalue weighted by molar-refractivity contribution is -0.120. The topological polar surface area (TPSA) is 104 Å². The molecule has 154 valence electrons. The molecule has 0 saturated heterocycles. The molecule has 0 aliphatic heterocycles. The number of nitrogens with one attached hydrogen (secondary N) is 3. The number of benzene rings is 2. The number of aryl methyl sites for hydroxylation is 3. The van der Waals surface area contributed by atoms with Crippen LogP contribution in [-0.4, -0.2) is 37.4 Å². The Kier molecular flexibility index (Phi) is 6.66. The highest BCUT2D eigenvalue weighted by molar-refractivity contribution is 7.89. The molecular formula is C21H26N4O3S. The summed E-state index contributed by atoms with van der Waals surface area (Å²) in [7, 11) is -3.61. The molecular weight excluding hydrogens is 388 g/mol. The average Bonchev–Trinajstić information content (AvgIpc) is 3.10. The highest BCUT2D eigenvalue weighted by Crippen LogP contribution is 2.14. The van der Waals surface area contributed by atoms with E-state index in [-0.39, 0.29) is 23.8 Å². The van der Waals surface area contributed by atoms with Crippen molar-refractivity contribution in [3.05, 3.63) is 59.4 Å². The van der Waals surface area contributed by atoms with Gasteiger partial charge in [0.25, 0.3) is 0 Å². The number of fused-ring (bicyclic) bond motifs is 1. The van der Waals surface area contributed by atoms with Gasteiger partial charge in [0, 0.05) is 25.9 Å². The van der Waals surface area contributed by atoms with Gasteiger partial charge in [-0.05, 0) is 55.7 Å². The van der Waals surface area contributed by atoms with Gasteiger partial charge in [0.05, 0.1) is 15.9 Å². The summed E-state index contributed by atoms with van der Waals surface area (Å²) in [6.45, 7) is 4.37. The zero-order valence-corrected chi connectivity index (χ0v) is 17.5. The van der Waals surface area contributed by atoms with E-state index in [0.717, 1.165) is 40.8 Å². The van der Waals surface area contributed by atoms with Gasteiger partial charge in [0.1, 0.15) is 5.82 Å². The van der Waals surface area contributed by atoms with Crippen molar-refractivity contribution in [1.29, 1.82) is 0 Å². The van der Waals surface area contributed by atoms with Crippen LogP contribution in [0.15, 0.2) is 47.4 Å². The molecule has 2 aromatic carbocycles. The summed E-state index contributed by atoms with van der Waals surface area (Å²) in [5, 5.41) is 2.81. The molecule has 3 N–H and O–H groups in total. The molecule has 1 aromatic heterocycles. The Morgan fingerprint density at radius 2 is 1.86 bits per heavy atom. The number of sulfonamides is 1. The van der Waals surface area contributed by atoms with Crippen LogP contribution in [-0.2, 0) is 21.2 Å². The highest BCUT2D eigenvalue weighted by Gasteiger charge is 2.14. The van der Waals surface area contributed by atoms with E-state index in [4.69, 9.17) is 0 Å². The van der Waals surface area contributed by atoms with Crippen molar-refractivity contribution in [3.63, 3.8) is 0 Å². The summed E-state index contributed by atoms with van der Waals surface area (Å²) < 4.78 is 27.1. The quantitative estimate of drug-likeness (QED) is 0.468. The van der Waals surface area contributed by atoms with Gasteiger partial charge in [0.15, 0.2) is 0 Å². The van der Waals surface area contributed by atoms with Gasteiger partial charge in [-0.1, -0.05) is 18.2 Å². The molecule has 0 aliphatic carbocycles. The molecule has 8 heteroatoms. The zero-order valence-electron chi connectivity index (χ0n) is 16.7. The van der Waals surface area contributed by atoms with E-state index in [2.05, 4.69) is 20.0 Å².